The Kier molecular flexibility index (Phi) is 4.76. The maximum atomic E-state index is 11.6. The first-order chi connectivity index (χ1) is 11.2. The molecule has 2 amide bonds. The van der Waals surface area contributed by atoms with Gasteiger partial charge in [0.15, 0.2) is 0 Å². The van der Waals surface area contributed by atoms with Crippen molar-refractivity contribution >= 4 is 17.5 Å². The van der Waals surface area contributed by atoms with E-state index in [1.807, 2.05) is 0 Å². The van der Waals surface area contributed by atoms with Crippen molar-refractivity contribution in [2.45, 2.75) is 32.3 Å². The second-order valence-corrected chi connectivity index (χ2v) is 5.87. The van der Waals surface area contributed by atoms with Crippen molar-refractivity contribution in [3.05, 3.63) is 36.4 Å². The molecule has 1 fully saturated rings. The van der Waals surface area contributed by atoms with Crippen LogP contribution in [-0.2, 0) is 14.3 Å². The molecule has 5 nitrogen and oxygen atoms in total. The van der Waals surface area contributed by atoms with Gasteiger partial charge >= 0.3 is 0 Å². The van der Waals surface area contributed by atoms with E-state index in [0.717, 1.165) is 30.1 Å². The van der Waals surface area contributed by atoms with Gasteiger partial charge in [-0.05, 0) is 43.5 Å². The van der Waals surface area contributed by atoms with E-state index in [0.29, 0.717) is 24.3 Å². The van der Waals surface area contributed by atoms with E-state index in [9.17, 15) is 9.59 Å². The number of benzene rings is 1. The van der Waals surface area contributed by atoms with Gasteiger partial charge in [-0.1, -0.05) is 6.92 Å². The van der Waals surface area contributed by atoms with Gasteiger partial charge in [0.05, 0.1) is 25.0 Å². The van der Waals surface area contributed by atoms with Gasteiger partial charge in [-0.2, -0.15) is 0 Å². The number of carbonyl (C=O) groups excluding carboxylic acids is 2. The average molecular weight is 315 g/mol. The number of hydrogen-bond acceptors (Lipinski definition) is 4. The summed E-state index contributed by atoms with van der Waals surface area (Å²) in [5, 5.41) is 0. The first-order valence-electron chi connectivity index (χ1n) is 8.09. The van der Waals surface area contributed by atoms with Gasteiger partial charge in [-0.25, -0.2) is 4.90 Å². The Balaban J connectivity index is 1.45. The van der Waals surface area contributed by atoms with Crippen molar-refractivity contribution in [3.8, 4) is 5.75 Å². The second-order valence-electron chi connectivity index (χ2n) is 5.87. The van der Waals surface area contributed by atoms with Crippen LogP contribution >= 0.6 is 0 Å². The molecule has 2 aliphatic rings. The molecule has 0 spiro atoms. The molecule has 2 unspecified atom stereocenters. The van der Waals surface area contributed by atoms with Gasteiger partial charge < -0.3 is 9.47 Å². The van der Waals surface area contributed by atoms with Crippen LogP contribution in [0.5, 0.6) is 5.75 Å². The molecule has 1 aromatic carbocycles. The largest absolute Gasteiger partial charge is 0.494 e. The zero-order valence-corrected chi connectivity index (χ0v) is 13.2. The van der Waals surface area contributed by atoms with Crippen LogP contribution in [0.4, 0.5) is 5.69 Å². The van der Waals surface area contributed by atoms with Crippen LogP contribution in [0, 0.1) is 5.92 Å². The van der Waals surface area contributed by atoms with Gasteiger partial charge in [0, 0.05) is 18.1 Å². The molecule has 3 rings (SSSR count). The molecular weight excluding hydrogens is 294 g/mol. The van der Waals surface area contributed by atoms with Gasteiger partial charge in [-0.3, -0.25) is 9.59 Å². The predicted octanol–water partition coefficient (Wildman–Crippen LogP) is 2.70. The number of nitrogens with zero attached hydrogens (tertiary/aromatic N) is 1. The highest BCUT2D eigenvalue weighted by Crippen LogP contribution is 2.27. The summed E-state index contributed by atoms with van der Waals surface area (Å²) < 4.78 is 11.3. The molecule has 5 heteroatoms. The highest BCUT2D eigenvalue weighted by molar-refractivity contribution is 6.28. The van der Waals surface area contributed by atoms with Gasteiger partial charge in [-0.15, -0.1) is 0 Å². The lowest BCUT2D eigenvalue weighted by Crippen LogP contribution is -2.39. The number of ether oxygens (including phenoxy) is 2. The normalized spacial score (nSPS) is 23.3. The van der Waals surface area contributed by atoms with Crippen molar-refractivity contribution in [2.75, 3.05) is 18.1 Å². The van der Waals surface area contributed by atoms with Gasteiger partial charge in [0.2, 0.25) is 0 Å². The summed E-state index contributed by atoms with van der Waals surface area (Å²) in [5.41, 5.74) is 0.561. The zero-order valence-electron chi connectivity index (χ0n) is 13.2. The van der Waals surface area contributed by atoms with Crippen molar-refractivity contribution < 1.29 is 19.1 Å². The third-order valence-corrected chi connectivity index (χ3v) is 4.38. The Morgan fingerprint density at radius 3 is 2.43 bits per heavy atom. The maximum absolute atomic E-state index is 11.6. The molecule has 0 bridgehead atoms. The molecule has 0 aliphatic carbocycles. The summed E-state index contributed by atoms with van der Waals surface area (Å²) in [7, 11) is 0. The predicted molar refractivity (Wildman–Crippen MR) is 86.3 cm³/mol. The van der Waals surface area contributed by atoms with Crippen molar-refractivity contribution in [1.82, 2.24) is 0 Å². The molecular formula is C18H21NO4. The molecule has 2 aliphatic heterocycles. The van der Waals surface area contributed by atoms with Crippen molar-refractivity contribution in [1.29, 1.82) is 0 Å². The van der Waals surface area contributed by atoms with E-state index in [2.05, 4.69) is 6.92 Å². The quantitative estimate of drug-likeness (QED) is 0.573. The fourth-order valence-corrected chi connectivity index (χ4v) is 2.89. The standard InChI is InChI=1S/C18H21NO4/c1-2-13-12-23-16(13)4-3-11-22-15-7-5-14(6-8-15)19-17(20)9-10-18(19)21/h5-10,13,16H,2-4,11-12H2,1H3. The third kappa shape index (κ3) is 3.45. The number of hydrogen-bond donors (Lipinski definition) is 0. The number of amides is 2. The van der Waals surface area contributed by atoms with E-state index in [4.69, 9.17) is 9.47 Å². The number of anilines is 1. The van der Waals surface area contributed by atoms with Crippen LogP contribution in [-0.4, -0.2) is 31.1 Å². The average Bonchev–Trinajstić information content (AvgIpc) is 2.86. The van der Waals surface area contributed by atoms with Gasteiger partial charge in [0.1, 0.15) is 5.75 Å². The van der Waals surface area contributed by atoms with E-state index >= 15 is 0 Å². The number of rotatable bonds is 7. The molecule has 0 aromatic heterocycles. The molecule has 2 heterocycles. The van der Waals surface area contributed by atoms with E-state index in [1.54, 1.807) is 24.3 Å². The fraction of sp³-hybridized carbons (Fsp3) is 0.444. The van der Waals surface area contributed by atoms with Crippen LogP contribution in [0.2, 0.25) is 0 Å². The molecule has 1 saturated heterocycles. The lowest BCUT2D eigenvalue weighted by molar-refractivity contribution is -0.120. The minimum Gasteiger partial charge on any atom is -0.494 e. The van der Waals surface area contributed by atoms with E-state index in [-0.39, 0.29) is 11.8 Å². The fourth-order valence-electron chi connectivity index (χ4n) is 2.89. The summed E-state index contributed by atoms with van der Waals surface area (Å²) in [5.74, 6) is 0.824. The zero-order chi connectivity index (χ0) is 16.2. The first-order valence-corrected chi connectivity index (χ1v) is 8.09. The molecule has 1 aromatic rings. The lowest BCUT2D eigenvalue weighted by Gasteiger charge is -2.36. The summed E-state index contributed by atoms with van der Waals surface area (Å²) in [4.78, 5) is 24.4. The Morgan fingerprint density at radius 2 is 1.87 bits per heavy atom. The molecule has 122 valence electrons. The van der Waals surface area contributed by atoms with Crippen LogP contribution in [0.3, 0.4) is 0 Å². The van der Waals surface area contributed by atoms with Gasteiger partial charge in [0.25, 0.3) is 11.8 Å². The molecule has 0 radical (unpaired) electrons. The first kappa shape index (κ1) is 15.7. The minimum atomic E-state index is -0.311. The SMILES string of the molecule is CCC1COC1CCCOc1ccc(N2C(=O)C=CC2=O)cc1. The van der Waals surface area contributed by atoms with Crippen LogP contribution in [0.15, 0.2) is 36.4 Å². The lowest BCUT2D eigenvalue weighted by atomic mass is 9.92. The topological polar surface area (TPSA) is 55.8 Å². The summed E-state index contributed by atoms with van der Waals surface area (Å²) >= 11 is 0. The second kappa shape index (κ2) is 6.96. The van der Waals surface area contributed by atoms with Crippen LogP contribution in [0.1, 0.15) is 26.2 Å². The van der Waals surface area contributed by atoms with Crippen molar-refractivity contribution in [3.63, 3.8) is 0 Å². The highest BCUT2D eigenvalue weighted by Gasteiger charge is 2.29. The Labute approximate surface area is 135 Å². The number of carbonyl (C=O) groups is 2. The molecule has 23 heavy (non-hydrogen) atoms. The van der Waals surface area contributed by atoms with E-state index in [1.165, 1.54) is 18.6 Å². The Bertz CT molecular complexity index is 588. The smallest absolute Gasteiger partial charge is 0.258 e. The van der Waals surface area contributed by atoms with Crippen LogP contribution in [0.25, 0.3) is 0 Å². The number of imide groups is 1. The van der Waals surface area contributed by atoms with Crippen LogP contribution < -0.4 is 9.64 Å². The molecule has 2 atom stereocenters. The Morgan fingerprint density at radius 1 is 1.17 bits per heavy atom. The maximum Gasteiger partial charge on any atom is 0.258 e. The van der Waals surface area contributed by atoms with E-state index < -0.39 is 0 Å². The molecule has 0 saturated carbocycles. The molecule has 0 N–H and O–H groups in total. The summed E-state index contributed by atoms with van der Waals surface area (Å²) in [6.45, 7) is 3.73. The minimum absolute atomic E-state index is 0.311. The Hall–Kier alpha value is -2.14. The van der Waals surface area contributed by atoms with Crippen molar-refractivity contribution in [2.24, 2.45) is 5.92 Å². The highest BCUT2D eigenvalue weighted by atomic mass is 16.5. The third-order valence-electron chi connectivity index (χ3n) is 4.38. The summed E-state index contributed by atoms with van der Waals surface area (Å²) in [6, 6.07) is 7.01. The monoisotopic (exact) mass is 315 g/mol. The summed E-state index contributed by atoms with van der Waals surface area (Å²) in [6.07, 6.45) is 6.10.